The molecule has 1 aromatic carbocycles. The molecule has 0 saturated carbocycles. The van der Waals surface area contributed by atoms with Gasteiger partial charge < -0.3 is 24.5 Å². The molecule has 3 heterocycles. The van der Waals surface area contributed by atoms with Gasteiger partial charge in [-0.2, -0.15) is 0 Å². The minimum absolute atomic E-state index is 0.241. The zero-order valence-corrected chi connectivity index (χ0v) is 13.8. The Morgan fingerprint density at radius 1 is 1.08 bits per heavy atom. The van der Waals surface area contributed by atoms with Crippen LogP contribution in [0.5, 0.6) is 11.5 Å². The Labute approximate surface area is 149 Å². The highest BCUT2D eigenvalue weighted by molar-refractivity contribution is 5.91. The van der Waals surface area contributed by atoms with E-state index in [4.69, 9.17) is 13.9 Å². The van der Waals surface area contributed by atoms with Crippen LogP contribution in [0.3, 0.4) is 0 Å². The van der Waals surface area contributed by atoms with Crippen molar-refractivity contribution in [3.63, 3.8) is 0 Å². The van der Waals surface area contributed by atoms with Crippen LogP contribution in [-0.2, 0) is 13.1 Å². The predicted octanol–water partition coefficient (Wildman–Crippen LogP) is 2.34. The number of rotatable bonds is 6. The number of carbonyl (C=O) groups is 1. The molecule has 0 bridgehead atoms. The van der Waals surface area contributed by atoms with Crippen LogP contribution in [0, 0.1) is 0 Å². The van der Waals surface area contributed by atoms with Crippen molar-refractivity contribution >= 4 is 11.7 Å². The number of nitrogens with one attached hydrogen (secondary N) is 2. The van der Waals surface area contributed by atoms with E-state index in [0.29, 0.717) is 24.7 Å². The second-order valence-electron chi connectivity index (χ2n) is 5.59. The smallest absolute Gasteiger partial charge is 0.271 e. The van der Waals surface area contributed by atoms with Gasteiger partial charge in [0.2, 0.25) is 6.79 Å². The van der Waals surface area contributed by atoms with E-state index in [0.717, 1.165) is 17.1 Å². The van der Waals surface area contributed by atoms with Gasteiger partial charge in [0.05, 0.1) is 25.2 Å². The molecule has 0 saturated heterocycles. The summed E-state index contributed by atoms with van der Waals surface area (Å²) < 4.78 is 15.8. The molecule has 1 amide bonds. The topological polar surface area (TPSA) is 98.5 Å². The van der Waals surface area contributed by atoms with Gasteiger partial charge in [-0.3, -0.25) is 4.79 Å². The average Bonchev–Trinajstić information content (AvgIpc) is 3.36. The number of nitrogens with zero attached hydrogens (tertiary/aromatic N) is 2. The maximum Gasteiger partial charge on any atom is 0.271 e. The van der Waals surface area contributed by atoms with Crippen molar-refractivity contribution in [2.75, 3.05) is 12.1 Å². The van der Waals surface area contributed by atoms with Crippen LogP contribution < -0.4 is 20.1 Å². The fourth-order valence-electron chi connectivity index (χ4n) is 2.45. The summed E-state index contributed by atoms with van der Waals surface area (Å²) in [6, 6.07) is 9.29. The van der Waals surface area contributed by atoms with Crippen LogP contribution in [0.2, 0.25) is 0 Å². The van der Waals surface area contributed by atoms with Crippen molar-refractivity contribution < 1.29 is 18.7 Å². The summed E-state index contributed by atoms with van der Waals surface area (Å²) in [6.07, 6.45) is 4.51. The lowest BCUT2D eigenvalue weighted by Crippen LogP contribution is -2.23. The van der Waals surface area contributed by atoms with E-state index >= 15 is 0 Å². The summed E-state index contributed by atoms with van der Waals surface area (Å²) in [5.41, 5.74) is 1.27. The summed E-state index contributed by atoms with van der Waals surface area (Å²) in [5.74, 6) is 2.42. The van der Waals surface area contributed by atoms with Crippen molar-refractivity contribution in [2.45, 2.75) is 13.1 Å². The van der Waals surface area contributed by atoms with E-state index in [2.05, 4.69) is 20.6 Å². The highest BCUT2D eigenvalue weighted by atomic mass is 16.7. The molecular formula is C18H16N4O4. The fourth-order valence-corrected chi connectivity index (χ4v) is 2.45. The number of aromatic nitrogens is 2. The van der Waals surface area contributed by atoms with Crippen LogP contribution in [0.1, 0.15) is 21.8 Å². The van der Waals surface area contributed by atoms with E-state index in [1.807, 2.05) is 18.2 Å². The van der Waals surface area contributed by atoms with Crippen molar-refractivity contribution in [1.29, 1.82) is 0 Å². The standard InChI is InChI=1S/C18H16N4O4/c23-18(22-8-13-2-1-5-24-13)14-9-21-17(10-19-14)20-7-12-3-4-15-16(6-12)26-11-25-15/h1-6,9-10H,7-8,11H2,(H,20,21)(H,22,23). The molecule has 8 heteroatoms. The third kappa shape index (κ3) is 3.59. The number of benzene rings is 1. The summed E-state index contributed by atoms with van der Waals surface area (Å²) in [6.45, 7) is 1.11. The normalized spacial score (nSPS) is 12.0. The SMILES string of the molecule is O=C(NCc1ccco1)c1cnc(NCc2ccc3c(c2)OCO3)cn1. The van der Waals surface area contributed by atoms with Gasteiger partial charge in [-0.15, -0.1) is 0 Å². The highest BCUT2D eigenvalue weighted by Gasteiger charge is 2.13. The third-order valence-corrected chi connectivity index (χ3v) is 3.80. The van der Waals surface area contributed by atoms with Gasteiger partial charge in [0.25, 0.3) is 5.91 Å². The average molecular weight is 352 g/mol. The first-order valence-electron chi connectivity index (χ1n) is 8.03. The second kappa shape index (κ2) is 7.14. The quantitative estimate of drug-likeness (QED) is 0.702. The molecule has 26 heavy (non-hydrogen) atoms. The Morgan fingerprint density at radius 2 is 2.00 bits per heavy atom. The van der Waals surface area contributed by atoms with E-state index in [9.17, 15) is 4.79 Å². The van der Waals surface area contributed by atoms with Gasteiger partial charge in [-0.1, -0.05) is 6.07 Å². The Kier molecular flexibility index (Phi) is 4.38. The molecule has 2 aromatic heterocycles. The molecule has 8 nitrogen and oxygen atoms in total. The number of anilines is 1. The molecule has 0 atom stereocenters. The maximum atomic E-state index is 12.0. The zero-order chi connectivity index (χ0) is 17.8. The minimum Gasteiger partial charge on any atom is -0.467 e. The predicted molar refractivity (Wildman–Crippen MR) is 91.8 cm³/mol. The lowest BCUT2D eigenvalue weighted by Gasteiger charge is -2.07. The summed E-state index contributed by atoms with van der Waals surface area (Å²) in [7, 11) is 0. The van der Waals surface area contributed by atoms with E-state index in [1.165, 1.54) is 12.4 Å². The summed E-state index contributed by atoms with van der Waals surface area (Å²) >= 11 is 0. The molecule has 1 aliphatic heterocycles. The van der Waals surface area contributed by atoms with E-state index in [-0.39, 0.29) is 18.4 Å². The first kappa shape index (κ1) is 15.9. The van der Waals surface area contributed by atoms with Crippen LogP contribution in [0.25, 0.3) is 0 Å². The van der Waals surface area contributed by atoms with Gasteiger partial charge in [0.1, 0.15) is 17.3 Å². The Balaban J connectivity index is 1.31. The maximum absolute atomic E-state index is 12.0. The largest absolute Gasteiger partial charge is 0.467 e. The summed E-state index contributed by atoms with van der Waals surface area (Å²) in [4.78, 5) is 20.4. The second-order valence-corrected chi connectivity index (χ2v) is 5.59. The van der Waals surface area contributed by atoms with Crippen LogP contribution >= 0.6 is 0 Å². The third-order valence-electron chi connectivity index (χ3n) is 3.80. The number of hydrogen-bond donors (Lipinski definition) is 2. The molecule has 1 aliphatic rings. The van der Waals surface area contributed by atoms with Crippen molar-refractivity contribution in [3.05, 3.63) is 66.0 Å². The number of fused-ring (bicyclic) bond motifs is 1. The molecule has 0 aliphatic carbocycles. The Bertz CT molecular complexity index is 894. The Morgan fingerprint density at radius 3 is 2.81 bits per heavy atom. The number of furan rings is 1. The van der Waals surface area contributed by atoms with Gasteiger partial charge in [0, 0.05) is 6.54 Å². The number of hydrogen-bond acceptors (Lipinski definition) is 7. The van der Waals surface area contributed by atoms with Gasteiger partial charge in [-0.25, -0.2) is 9.97 Å². The molecule has 3 aromatic rings. The molecule has 132 valence electrons. The van der Waals surface area contributed by atoms with Crippen LogP contribution in [-0.4, -0.2) is 22.7 Å². The first-order chi connectivity index (χ1) is 12.8. The van der Waals surface area contributed by atoms with Gasteiger partial charge in [-0.05, 0) is 29.8 Å². The lowest BCUT2D eigenvalue weighted by molar-refractivity contribution is 0.0942. The molecule has 4 rings (SSSR count). The summed E-state index contributed by atoms with van der Waals surface area (Å²) in [5, 5.41) is 5.88. The van der Waals surface area contributed by atoms with E-state index in [1.54, 1.807) is 18.4 Å². The number of ether oxygens (including phenoxy) is 2. The van der Waals surface area contributed by atoms with Crippen molar-refractivity contribution in [2.24, 2.45) is 0 Å². The molecule has 0 radical (unpaired) electrons. The van der Waals surface area contributed by atoms with Gasteiger partial charge >= 0.3 is 0 Å². The highest BCUT2D eigenvalue weighted by Crippen LogP contribution is 2.32. The Hall–Kier alpha value is -3.55. The van der Waals surface area contributed by atoms with E-state index < -0.39 is 0 Å². The number of carbonyl (C=O) groups excluding carboxylic acids is 1. The molecule has 0 fully saturated rings. The molecule has 0 spiro atoms. The minimum atomic E-state index is -0.309. The number of amides is 1. The molecule has 0 unspecified atom stereocenters. The molecular weight excluding hydrogens is 336 g/mol. The first-order valence-corrected chi connectivity index (χ1v) is 8.03. The fraction of sp³-hybridized carbons (Fsp3) is 0.167. The zero-order valence-electron chi connectivity index (χ0n) is 13.8. The van der Waals surface area contributed by atoms with Crippen molar-refractivity contribution in [1.82, 2.24) is 15.3 Å². The monoisotopic (exact) mass is 352 g/mol. The van der Waals surface area contributed by atoms with Gasteiger partial charge in [0.15, 0.2) is 11.5 Å². The van der Waals surface area contributed by atoms with Crippen LogP contribution in [0.15, 0.2) is 53.4 Å². The lowest BCUT2D eigenvalue weighted by atomic mass is 10.2. The molecule has 2 N–H and O–H groups in total. The van der Waals surface area contributed by atoms with Crippen LogP contribution in [0.4, 0.5) is 5.82 Å². The van der Waals surface area contributed by atoms with Crippen molar-refractivity contribution in [3.8, 4) is 11.5 Å².